The maximum atomic E-state index is 13.2. The minimum Gasteiger partial charge on any atom is -0.349 e. The van der Waals surface area contributed by atoms with Gasteiger partial charge in [0.2, 0.25) is 0 Å². The van der Waals surface area contributed by atoms with Gasteiger partial charge in [-0.05, 0) is 42.0 Å². The number of nitrogens with zero attached hydrogens (tertiary/aromatic N) is 4. The third-order valence-electron chi connectivity index (χ3n) is 3.77. The van der Waals surface area contributed by atoms with Crippen molar-refractivity contribution in [2.24, 2.45) is 0 Å². The first kappa shape index (κ1) is 19.6. The van der Waals surface area contributed by atoms with Gasteiger partial charge in [0.05, 0.1) is 4.47 Å². The van der Waals surface area contributed by atoms with E-state index < -0.39 is 17.8 Å². The van der Waals surface area contributed by atoms with E-state index in [1.54, 1.807) is 0 Å². The van der Waals surface area contributed by atoms with Gasteiger partial charge in [-0.1, -0.05) is 13.8 Å². The van der Waals surface area contributed by atoms with Crippen LogP contribution < -0.4 is 5.32 Å². The Hall–Kier alpha value is -1.68. The quantitative estimate of drug-likeness (QED) is 0.778. The van der Waals surface area contributed by atoms with E-state index in [2.05, 4.69) is 36.2 Å². The molecule has 0 bridgehead atoms. The van der Waals surface area contributed by atoms with Crippen molar-refractivity contribution in [3.63, 3.8) is 0 Å². The van der Waals surface area contributed by atoms with Crippen LogP contribution >= 0.6 is 15.9 Å². The molecule has 2 rings (SSSR count). The number of rotatable bonds is 6. The number of carbonyl (C=O) groups is 1. The molecule has 0 radical (unpaired) electrons. The van der Waals surface area contributed by atoms with Crippen LogP contribution in [0.3, 0.4) is 0 Å². The van der Waals surface area contributed by atoms with Gasteiger partial charge in [0.1, 0.15) is 5.69 Å². The van der Waals surface area contributed by atoms with E-state index in [0.717, 1.165) is 19.2 Å². The highest BCUT2D eigenvalue weighted by atomic mass is 79.9. The Morgan fingerprint density at radius 3 is 2.56 bits per heavy atom. The first-order valence-electron chi connectivity index (χ1n) is 7.82. The van der Waals surface area contributed by atoms with Crippen molar-refractivity contribution in [1.82, 2.24) is 24.8 Å². The van der Waals surface area contributed by atoms with Crippen molar-refractivity contribution in [2.75, 3.05) is 26.2 Å². The molecule has 0 atom stereocenters. The molecule has 2 aromatic heterocycles. The van der Waals surface area contributed by atoms with Crippen molar-refractivity contribution in [3.8, 4) is 0 Å². The lowest BCUT2D eigenvalue weighted by Gasteiger charge is -2.17. The second-order valence-electron chi connectivity index (χ2n) is 5.46. The number of carbonyl (C=O) groups excluding carboxylic acids is 1. The van der Waals surface area contributed by atoms with Gasteiger partial charge in [0.25, 0.3) is 5.91 Å². The van der Waals surface area contributed by atoms with Crippen LogP contribution in [0.1, 0.15) is 35.7 Å². The van der Waals surface area contributed by atoms with E-state index in [0.29, 0.717) is 17.6 Å². The van der Waals surface area contributed by atoms with E-state index in [1.165, 1.54) is 6.92 Å². The monoisotopic (exact) mass is 421 g/mol. The summed E-state index contributed by atoms with van der Waals surface area (Å²) in [6.45, 7) is 8.20. The van der Waals surface area contributed by atoms with Gasteiger partial charge in [0, 0.05) is 18.8 Å². The van der Waals surface area contributed by atoms with Gasteiger partial charge < -0.3 is 10.2 Å². The van der Waals surface area contributed by atoms with E-state index >= 15 is 0 Å². The highest BCUT2D eigenvalue weighted by molar-refractivity contribution is 9.10. The van der Waals surface area contributed by atoms with Gasteiger partial charge in [-0.2, -0.15) is 18.3 Å². The first-order valence-corrected chi connectivity index (χ1v) is 8.61. The smallest absolute Gasteiger partial charge is 0.349 e. The molecular formula is C15H19BrF3N5O. The van der Waals surface area contributed by atoms with E-state index in [4.69, 9.17) is 0 Å². The number of aromatic nitrogens is 3. The Labute approximate surface area is 151 Å². The zero-order valence-electron chi connectivity index (χ0n) is 14.1. The lowest BCUT2D eigenvalue weighted by atomic mass is 10.3. The molecule has 1 amide bonds. The molecular weight excluding hydrogens is 403 g/mol. The number of alkyl halides is 3. The van der Waals surface area contributed by atoms with E-state index in [1.807, 2.05) is 13.8 Å². The molecule has 0 saturated carbocycles. The Morgan fingerprint density at radius 2 is 2.00 bits per heavy atom. The first-order chi connectivity index (χ1) is 11.7. The Balaban J connectivity index is 2.30. The van der Waals surface area contributed by atoms with E-state index in [-0.39, 0.29) is 21.5 Å². The van der Waals surface area contributed by atoms with Crippen LogP contribution in [0.2, 0.25) is 0 Å². The van der Waals surface area contributed by atoms with E-state index in [9.17, 15) is 18.0 Å². The number of likely N-dealkylation sites (N-methyl/N-ethyl adjacent to an activating group) is 1. The fourth-order valence-electron chi connectivity index (χ4n) is 2.41. The second kappa shape index (κ2) is 7.69. The molecule has 138 valence electrons. The fourth-order valence-corrected chi connectivity index (χ4v) is 2.93. The average Bonchev–Trinajstić information content (AvgIpc) is 2.87. The summed E-state index contributed by atoms with van der Waals surface area (Å²) in [7, 11) is 0. The van der Waals surface area contributed by atoms with Crippen LogP contribution in [0.5, 0.6) is 0 Å². The van der Waals surface area contributed by atoms with Crippen molar-refractivity contribution in [2.45, 2.75) is 26.9 Å². The van der Waals surface area contributed by atoms with Crippen LogP contribution in [0.15, 0.2) is 10.5 Å². The molecule has 0 unspecified atom stereocenters. The summed E-state index contributed by atoms with van der Waals surface area (Å²) in [4.78, 5) is 18.5. The van der Waals surface area contributed by atoms with Crippen LogP contribution in [0, 0.1) is 6.92 Å². The molecule has 0 saturated heterocycles. The van der Waals surface area contributed by atoms with Crippen molar-refractivity contribution in [1.29, 1.82) is 0 Å². The molecule has 0 aliphatic rings. The summed E-state index contributed by atoms with van der Waals surface area (Å²) in [5, 5.41) is 6.50. The minimum atomic E-state index is -4.60. The van der Waals surface area contributed by atoms with Crippen molar-refractivity contribution < 1.29 is 18.0 Å². The lowest BCUT2D eigenvalue weighted by molar-refractivity contribution is -0.142. The molecule has 0 aromatic carbocycles. The molecule has 0 spiro atoms. The van der Waals surface area contributed by atoms with Crippen LogP contribution in [0.25, 0.3) is 5.65 Å². The molecule has 1 N–H and O–H groups in total. The largest absolute Gasteiger partial charge is 0.433 e. The molecule has 6 nitrogen and oxygen atoms in total. The number of nitrogens with one attached hydrogen (secondary N) is 1. The third-order valence-corrected chi connectivity index (χ3v) is 4.50. The number of amides is 1. The summed E-state index contributed by atoms with van der Waals surface area (Å²) >= 11 is 3.15. The maximum Gasteiger partial charge on any atom is 0.433 e. The van der Waals surface area contributed by atoms with Gasteiger partial charge in [-0.25, -0.2) is 9.50 Å². The van der Waals surface area contributed by atoms with Crippen molar-refractivity contribution in [3.05, 3.63) is 27.6 Å². The number of hydrogen-bond acceptors (Lipinski definition) is 4. The molecule has 0 fully saturated rings. The summed E-state index contributed by atoms with van der Waals surface area (Å²) in [5.74, 6) is -0.546. The molecule has 0 aliphatic heterocycles. The third kappa shape index (κ3) is 4.30. The zero-order valence-corrected chi connectivity index (χ0v) is 15.7. The SMILES string of the molecule is CCN(CC)CCNC(=O)c1nn2c(C(F)(F)F)cc(C)nc2c1Br. The van der Waals surface area contributed by atoms with Crippen molar-refractivity contribution >= 4 is 27.5 Å². The van der Waals surface area contributed by atoms with Gasteiger partial charge in [-0.15, -0.1) is 0 Å². The zero-order chi connectivity index (χ0) is 18.8. The second-order valence-corrected chi connectivity index (χ2v) is 6.25. The molecule has 2 heterocycles. The van der Waals surface area contributed by atoms with Gasteiger partial charge in [0.15, 0.2) is 11.3 Å². The summed E-state index contributed by atoms with van der Waals surface area (Å²) < 4.78 is 40.4. The fraction of sp³-hybridized carbons (Fsp3) is 0.533. The minimum absolute atomic E-state index is 0.0405. The Kier molecular flexibility index (Phi) is 6.04. The highest BCUT2D eigenvalue weighted by Gasteiger charge is 2.36. The lowest BCUT2D eigenvalue weighted by Crippen LogP contribution is -2.35. The Morgan fingerprint density at radius 1 is 1.36 bits per heavy atom. The topological polar surface area (TPSA) is 62.5 Å². The predicted octanol–water partition coefficient (Wildman–Crippen LogP) is 2.89. The summed E-state index contributed by atoms with van der Waals surface area (Å²) in [6, 6.07) is 0.897. The number of fused-ring (bicyclic) bond motifs is 1. The maximum absolute atomic E-state index is 13.2. The molecule has 25 heavy (non-hydrogen) atoms. The molecule has 10 heteroatoms. The predicted molar refractivity (Wildman–Crippen MR) is 90.5 cm³/mol. The Bertz CT molecular complexity index is 771. The van der Waals surface area contributed by atoms with Crippen LogP contribution in [-0.4, -0.2) is 51.6 Å². The van der Waals surface area contributed by atoms with Crippen LogP contribution in [-0.2, 0) is 6.18 Å². The number of aryl methyl sites for hydroxylation is 1. The standard InChI is InChI=1S/C15H19BrF3N5O/c1-4-23(5-2)7-6-20-14(25)12-11(16)13-21-9(3)8-10(15(17,18)19)24(13)22-12/h8H,4-7H2,1-3H3,(H,20,25). The average molecular weight is 422 g/mol. The summed E-state index contributed by atoms with van der Waals surface area (Å²) in [5.41, 5.74) is -0.948. The summed E-state index contributed by atoms with van der Waals surface area (Å²) in [6.07, 6.45) is -4.60. The number of hydrogen-bond donors (Lipinski definition) is 1. The highest BCUT2D eigenvalue weighted by Crippen LogP contribution is 2.32. The normalized spacial score (nSPS) is 12.2. The molecule has 0 aliphatic carbocycles. The van der Waals surface area contributed by atoms with Crippen LogP contribution in [0.4, 0.5) is 13.2 Å². The van der Waals surface area contributed by atoms with Gasteiger partial charge >= 0.3 is 6.18 Å². The molecule has 2 aromatic rings. The van der Waals surface area contributed by atoms with Gasteiger partial charge in [-0.3, -0.25) is 4.79 Å². The number of halogens is 4.